The summed E-state index contributed by atoms with van der Waals surface area (Å²) < 4.78 is 18.2. The summed E-state index contributed by atoms with van der Waals surface area (Å²) in [7, 11) is 1.16. The molecule has 0 amide bonds. The van der Waals surface area contributed by atoms with Crippen LogP contribution in [0.4, 0.5) is 4.39 Å². The Morgan fingerprint density at radius 1 is 1.47 bits per heavy atom. The molecule has 1 aromatic carbocycles. The monoisotopic (exact) mass is 238 g/mol. The molecule has 5 heteroatoms. The number of hydrogen-bond acceptors (Lipinski definition) is 3. The Balaban J connectivity index is 2.98. The van der Waals surface area contributed by atoms with E-state index in [1.165, 1.54) is 30.4 Å². The summed E-state index contributed by atoms with van der Waals surface area (Å²) in [6.45, 7) is 0. The molecule has 0 atom stereocenters. The highest BCUT2D eigenvalue weighted by Crippen LogP contribution is 2.15. The van der Waals surface area contributed by atoms with Crippen molar-refractivity contribution in [3.63, 3.8) is 0 Å². The van der Waals surface area contributed by atoms with E-state index < -0.39 is 17.8 Å². The molecule has 0 saturated heterocycles. The van der Waals surface area contributed by atoms with Crippen molar-refractivity contribution in [2.24, 2.45) is 0 Å². The minimum atomic E-state index is -1.01. The van der Waals surface area contributed by atoms with Gasteiger partial charge >= 0.3 is 11.9 Å². The smallest absolute Gasteiger partial charge is 0.340 e. The number of rotatable bonds is 4. The van der Waals surface area contributed by atoms with Crippen molar-refractivity contribution in [1.82, 2.24) is 0 Å². The third kappa shape index (κ3) is 3.41. The van der Waals surface area contributed by atoms with Gasteiger partial charge in [-0.25, -0.2) is 9.18 Å². The second-order valence-electron chi connectivity index (χ2n) is 3.20. The van der Waals surface area contributed by atoms with Crippen LogP contribution in [0, 0.1) is 5.82 Å². The number of carbonyl (C=O) groups is 2. The number of carboxylic acids is 1. The van der Waals surface area contributed by atoms with Crippen molar-refractivity contribution in [1.29, 1.82) is 0 Å². The fraction of sp³-hybridized carbons (Fsp3) is 0.167. The predicted octanol–water partition coefficient (Wildman–Crippen LogP) is 2.10. The Morgan fingerprint density at radius 2 is 2.18 bits per heavy atom. The van der Waals surface area contributed by atoms with Crippen LogP contribution in [0.5, 0.6) is 0 Å². The van der Waals surface area contributed by atoms with Crippen LogP contribution in [0.3, 0.4) is 0 Å². The molecule has 4 nitrogen and oxygen atoms in total. The van der Waals surface area contributed by atoms with Gasteiger partial charge in [-0.3, -0.25) is 4.79 Å². The lowest BCUT2D eigenvalue weighted by atomic mass is 10.1. The van der Waals surface area contributed by atoms with E-state index in [0.717, 1.165) is 7.11 Å². The summed E-state index contributed by atoms with van der Waals surface area (Å²) in [6, 6.07) is 4.24. The van der Waals surface area contributed by atoms with Crippen LogP contribution in [0.1, 0.15) is 22.3 Å². The molecule has 0 bridgehead atoms. The van der Waals surface area contributed by atoms with E-state index >= 15 is 0 Å². The van der Waals surface area contributed by atoms with E-state index in [9.17, 15) is 14.0 Å². The summed E-state index contributed by atoms with van der Waals surface area (Å²) in [5.41, 5.74) is -0.0286. The molecule has 1 aromatic rings. The molecular formula is C12H11FO4. The SMILES string of the molecule is COC(=O)c1cccc(C=CCC(=O)O)c1F. The van der Waals surface area contributed by atoms with Gasteiger partial charge in [0.1, 0.15) is 5.82 Å². The van der Waals surface area contributed by atoms with Gasteiger partial charge in [-0.1, -0.05) is 24.3 Å². The van der Waals surface area contributed by atoms with Gasteiger partial charge in [-0.05, 0) is 6.07 Å². The van der Waals surface area contributed by atoms with E-state index in [1.807, 2.05) is 0 Å². The normalized spacial score (nSPS) is 10.5. The number of carbonyl (C=O) groups excluding carboxylic acids is 1. The first-order valence-electron chi connectivity index (χ1n) is 4.81. The Labute approximate surface area is 97.3 Å². The van der Waals surface area contributed by atoms with Gasteiger partial charge in [-0.2, -0.15) is 0 Å². The minimum Gasteiger partial charge on any atom is -0.481 e. The number of aliphatic carboxylic acids is 1. The predicted molar refractivity (Wildman–Crippen MR) is 59.0 cm³/mol. The standard InChI is InChI=1S/C12H11FO4/c1-17-12(16)9-6-2-4-8(11(9)13)5-3-7-10(14)15/h2-6H,7H2,1H3,(H,14,15). The minimum absolute atomic E-state index is 0.147. The lowest BCUT2D eigenvalue weighted by Gasteiger charge is -2.03. The molecule has 0 saturated carbocycles. The topological polar surface area (TPSA) is 63.6 Å². The number of esters is 1. The zero-order valence-electron chi connectivity index (χ0n) is 9.14. The highest BCUT2D eigenvalue weighted by molar-refractivity contribution is 5.90. The van der Waals surface area contributed by atoms with Gasteiger partial charge in [0.25, 0.3) is 0 Å². The summed E-state index contributed by atoms with van der Waals surface area (Å²) in [4.78, 5) is 21.5. The van der Waals surface area contributed by atoms with Gasteiger partial charge in [0.2, 0.25) is 0 Å². The van der Waals surface area contributed by atoms with E-state index in [2.05, 4.69) is 4.74 Å². The second-order valence-corrected chi connectivity index (χ2v) is 3.20. The Bertz CT molecular complexity index is 466. The van der Waals surface area contributed by atoms with Crippen LogP contribution >= 0.6 is 0 Å². The molecule has 0 radical (unpaired) electrons. The molecule has 17 heavy (non-hydrogen) atoms. The van der Waals surface area contributed by atoms with E-state index in [4.69, 9.17) is 5.11 Å². The van der Waals surface area contributed by atoms with Crippen LogP contribution in [0.25, 0.3) is 6.08 Å². The largest absolute Gasteiger partial charge is 0.481 e. The first-order chi connectivity index (χ1) is 8.06. The third-order valence-electron chi connectivity index (χ3n) is 2.02. The first-order valence-corrected chi connectivity index (χ1v) is 4.81. The molecular weight excluding hydrogens is 227 g/mol. The average molecular weight is 238 g/mol. The summed E-state index contributed by atoms with van der Waals surface area (Å²) in [6.07, 6.45) is 2.42. The quantitative estimate of drug-likeness (QED) is 0.816. The molecule has 90 valence electrons. The van der Waals surface area contributed by atoms with Crippen molar-refractivity contribution in [2.45, 2.75) is 6.42 Å². The number of methoxy groups -OCH3 is 1. The fourth-order valence-electron chi connectivity index (χ4n) is 1.23. The van der Waals surface area contributed by atoms with E-state index in [0.29, 0.717) is 0 Å². The zero-order chi connectivity index (χ0) is 12.8. The molecule has 0 aromatic heterocycles. The maximum Gasteiger partial charge on any atom is 0.340 e. The highest BCUT2D eigenvalue weighted by atomic mass is 19.1. The number of hydrogen-bond donors (Lipinski definition) is 1. The van der Waals surface area contributed by atoms with Crippen LogP contribution in [0.15, 0.2) is 24.3 Å². The molecule has 1 rings (SSSR count). The Hall–Kier alpha value is -2.17. The van der Waals surface area contributed by atoms with E-state index in [-0.39, 0.29) is 17.5 Å². The molecule has 0 aliphatic rings. The van der Waals surface area contributed by atoms with Gasteiger partial charge in [0.15, 0.2) is 0 Å². The number of ether oxygens (including phenoxy) is 1. The van der Waals surface area contributed by atoms with Crippen LogP contribution < -0.4 is 0 Å². The molecule has 0 heterocycles. The van der Waals surface area contributed by atoms with Crippen molar-refractivity contribution >= 4 is 18.0 Å². The van der Waals surface area contributed by atoms with Crippen LogP contribution in [-0.4, -0.2) is 24.2 Å². The summed E-state index contributed by atoms with van der Waals surface area (Å²) >= 11 is 0. The average Bonchev–Trinajstić information content (AvgIpc) is 2.30. The number of benzene rings is 1. The van der Waals surface area contributed by atoms with Crippen LogP contribution in [0.2, 0.25) is 0 Å². The molecule has 0 aliphatic carbocycles. The van der Waals surface area contributed by atoms with Crippen molar-refractivity contribution in [3.05, 3.63) is 41.2 Å². The molecule has 1 N–H and O–H groups in total. The Morgan fingerprint density at radius 3 is 2.76 bits per heavy atom. The highest BCUT2D eigenvalue weighted by Gasteiger charge is 2.13. The molecule has 0 fully saturated rings. The maximum absolute atomic E-state index is 13.7. The van der Waals surface area contributed by atoms with Crippen molar-refractivity contribution in [2.75, 3.05) is 7.11 Å². The lowest BCUT2D eigenvalue weighted by Crippen LogP contribution is -2.05. The van der Waals surface area contributed by atoms with Crippen LogP contribution in [-0.2, 0) is 9.53 Å². The lowest BCUT2D eigenvalue weighted by molar-refractivity contribution is -0.135. The third-order valence-corrected chi connectivity index (χ3v) is 2.02. The van der Waals surface area contributed by atoms with Gasteiger partial charge < -0.3 is 9.84 Å². The fourth-order valence-corrected chi connectivity index (χ4v) is 1.23. The number of halogens is 1. The molecule has 0 unspecified atom stereocenters. The molecule has 0 aliphatic heterocycles. The summed E-state index contributed by atoms with van der Waals surface area (Å²) in [5, 5.41) is 8.42. The zero-order valence-corrected chi connectivity index (χ0v) is 9.14. The van der Waals surface area contributed by atoms with Crippen molar-refractivity contribution in [3.8, 4) is 0 Å². The Kier molecular flexibility index (Phi) is 4.39. The van der Waals surface area contributed by atoms with E-state index in [1.54, 1.807) is 0 Å². The summed E-state index contributed by atoms with van der Waals surface area (Å²) in [5.74, 6) is -2.50. The first kappa shape index (κ1) is 12.9. The number of carboxylic acid groups (broad SMARTS) is 1. The van der Waals surface area contributed by atoms with Gasteiger partial charge in [0, 0.05) is 5.56 Å². The molecule has 0 spiro atoms. The second kappa shape index (κ2) is 5.79. The maximum atomic E-state index is 13.7. The van der Waals surface area contributed by atoms with Crippen molar-refractivity contribution < 1.29 is 23.8 Å². The van der Waals surface area contributed by atoms with Gasteiger partial charge in [0.05, 0.1) is 19.1 Å². The van der Waals surface area contributed by atoms with Gasteiger partial charge in [-0.15, -0.1) is 0 Å².